The molecule has 0 atom stereocenters. The van der Waals surface area contributed by atoms with Gasteiger partial charge >= 0.3 is 0 Å². The summed E-state index contributed by atoms with van der Waals surface area (Å²) in [5, 5.41) is 11.5. The van der Waals surface area contributed by atoms with Gasteiger partial charge in [0.05, 0.1) is 24.2 Å². The Labute approximate surface area is 186 Å². The van der Waals surface area contributed by atoms with Crippen molar-refractivity contribution in [2.75, 3.05) is 20.8 Å². The maximum absolute atomic E-state index is 12.1. The van der Waals surface area contributed by atoms with Gasteiger partial charge in [0.15, 0.2) is 0 Å². The molecular weight excluding hydrogens is 408 g/mol. The van der Waals surface area contributed by atoms with Crippen LogP contribution in [0.3, 0.4) is 0 Å². The minimum absolute atomic E-state index is 0. The largest absolute Gasteiger partial charge is 0.415 e. The van der Waals surface area contributed by atoms with Gasteiger partial charge in [-0.1, -0.05) is 12.1 Å². The molecule has 3 aromatic heterocycles. The van der Waals surface area contributed by atoms with Crippen molar-refractivity contribution in [3.63, 3.8) is 0 Å². The molecule has 4 rings (SSSR count). The molecule has 0 aliphatic carbocycles. The first-order chi connectivity index (χ1) is 15.6. The van der Waals surface area contributed by atoms with E-state index >= 15 is 0 Å². The monoisotopic (exact) mass is 434 g/mol. The number of hydrogen-bond acceptors (Lipinski definition) is 8. The predicted molar refractivity (Wildman–Crippen MR) is 122 cm³/mol. The number of methoxy groups -OCH3 is 1. The molecule has 3 heterocycles. The SMILES string of the molecule is CNCc1ccc(-c2nnc(-c3nc(-c4ccc(=O)n(CCOC)c4)cnc3C)o2)cc1.[HH]. The smallest absolute Gasteiger partial charge is 0.268 e. The molecule has 0 aliphatic rings. The average molecular weight is 435 g/mol. The lowest BCUT2D eigenvalue weighted by Crippen LogP contribution is -2.20. The number of aromatic nitrogens is 5. The minimum Gasteiger partial charge on any atom is -0.415 e. The normalized spacial score (nSPS) is 11.1. The number of benzene rings is 1. The average Bonchev–Trinajstić information content (AvgIpc) is 3.30. The van der Waals surface area contributed by atoms with Crippen molar-refractivity contribution < 1.29 is 10.6 Å². The third-order valence-corrected chi connectivity index (χ3v) is 4.98. The summed E-state index contributed by atoms with van der Waals surface area (Å²) in [6, 6.07) is 11.2. The summed E-state index contributed by atoms with van der Waals surface area (Å²) in [6.45, 7) is 3.52. The fraction of sp³-hybridized carbons (Fsp3) is 0.261. The van der Waals surface area contributed by atoms with E-state index in [2.05, 4.69) is 20.5 Å². The first-order valence-electron chi connectivity index (χ1n) is 10.2. The maximum atomic E-state index is 12.1. The van der Waals surface area contributed by atoms with Crippen LogP contribution >= 0.6 is 0 Å². The third-order valence-electron chi connectivity index (χ3n) is 4.98. The second-order valence-electron chi connectivity index (χ2n) is 7.27. The Morgan fingerprint density at radius 2 is 1.84 bits per heavy atom. The van der Waals surface area contributed by atoms with E-state index < -0.39 is 0 Å². The van der Waals surface area contributed by atoms with Crippen LogP contribution in [-0.2, 0) is 17.8 Å². The first-order valence-corrected chi connectivity index (χ1v) is 10.2. The van der Waals surface area contributed by atoms with Crippen molar-refractivity contribution in [1.29, 1.82) is 0 Å². The summed E-state index contributed by atoms with van der Waals surface area (Å²) < 4.78 is 12.6. The van der Waals surface area contributed by atoms with Gasteiger partial charge in [-0.2, -0.15) is 0 Å². The fourth-order valence-electron chi connectivity index (χ4n) is 3.24. The molecule has 1 N–H and O–H groups in total. The van der Waals surface area contributed by atoms with Gasteiger partial charge in [0, 0.05) is 45.0 Å². The highest BCUT2D eigenvalue weighted by Crippen LogP contribution is 2.26. The summed E-state index contributed by atoms with van der Waals surface area (Å²) in [5.41, 5.74) is 4.42. The van der Waals surface area contributed by atoms with Crippen LogP contribution in [-0.4, -0.2) is 45.5 Å². The zero-order chi connectivity index (χ0) is 22.5. The van der Waals surface area contributed by atoms with Crippen LogP contribution < -0.4 is 10.9 Å². The van der Waals surface area contributed by atoms with E-state index in [1.165, 1.54) is 6.07 Å². The molecule has 0 saturated carbocycles. The molecule has 0 fully saturated rings. The molecule has 32 heavy (non-hydrogen) atoms. The van der Waals surface area contributed by atoms with Gasteiger partial charge in [0.1, 0.15) is 5.69 Å². The van der Waals surface area contributed by atoms with Crippen LogP contribution in [0.4, 0.5) is 0 Å². The van der Waals surface area contributed by atoms with E-state index in [-0.39, 0.29) is 6.99 Å². The lowest BCUT2D eigenvalue weighted by molar-refractivity contribution is 0.186. The minimum atomic E-state index is -0.103. The summed E-state index contributed by atoms with van der Waals surface area (Å²) >= 11 is 0. The molecule has 0 bridgehead atoms. The Morgan fingerprint density at radius 1 is 1.09 bits per heavy atom. The van der Waals surface area contributed by atoms with E-state index in [4.69, 9.17) is 14.1 Å². The van der Waals surface area contributed by atoms with Crippen LogP contribution in [0, 0.1) is 6.92 Å². The number of hydrogen-bond donors (Lipinski definition) is 1. The Bertz CT molecular complexity index is 1270. The number of nitrogens with zero attached hydrogens (tertiary/aromatic N) is 5. The Balaban J connectivity index is 0.00000306. The molecule has 166 valence electrons. The lowest BCUT2D eigenvalue weighted by atomic mass is 10.1. The molecule has 1 aromatic carbocycles. The van der Waals surface area contributed by atoms with Gasteiger partial charge in [0.2, 0.25) is 5.89 Å². The molecule has 4 aromatic rings. The van der Waals surface area contributed by atoms with Crippen molar-refractivity contribution in [1.82, 2.24) is 30.0 Å². The molecule has 9 heteroatoms. The van der Waals surface area contributed by atoms with Gasteiger partial charge in [0.25, 0.3) is 11.4 Å². The fourth-order valence-corrected chi connectivity index (χ4v) is 3.24. The van der Waals surface area contributed by atoms with E-state index in [0.29, 0.717) is 42.0 Å². The first kappa shape index (κ1) is 21.5. The number of rotatable bonds is 8. The second-order valence-corrected chi connectivity index (χ2v) is 7.27. The highest BCUT2D eigenvalue weighted by atomic mass is 16.5. The van der Waals surface area contributed by atoms with Crippen molar-refractivity contribution in [3.8, 4) is 34.3 Å². The zero-order valence-electron chi connectivity index (χ0n) is 18.2. The Hall–Kier alpha value is -3.69. The maximum Gasteiger partial charge on any atom is 0.268 e. The van der Waals surface area contributed by atoms with Crippen LogP contribution in [0.15, 0.2) is 58.0 Å². The van der Waals surface area contributed by atoms with Crippen LogP contribution in [0.1, 0.15) is 12.7 Å². The topological polar surface area (TPSA) is 108 Å². The molecule has 0 radical (unpaired) electrons. The van der Waals surface area contributed by atoms with Gasteiger partial charge < -0.3 is 19.0 Å². The lowest BCUT2D eigenvalue weighted by Gasteiger charge is -2.08. The van der Waals surface area contributed by atoms with Crippen molar-refractivity contribution in [2.24, 2.45) is 0 Å². The molecule has 0 spiro atoms. The van der Waals surface area contributed by atoms with Gasteiger partial charge in [-0.3, -0.25) is 9.78 Å². The Kier molecular flexibility index (Phi) is 6.48. The molecule has 0 amide bonds. The number of aryl methyl sites for hydroxylation is 1. The molecule has 0 aliphatic heterocycles. The van der Waals surface area contributed by atoms with E-state index in [9.17, 15) is 4.79 Å². The van der Waals surface area contributed by atoms with Crippen molar-refractivity contribution in [2.45, 2.75) is 20.0 Å². The second kappa shape index (κ2) is 9.63. The van der Waals surface area contributed by atoms with Gasteiger partial charge in [-0.05, 0) is 37.7 Å². The van der Waals surface area contributed by atoms with Crippen molar-refractivity contribution in [3.05, 3.63) is 70.4 Å². The summed E-state index contributed by atoms with van der Waals surface area (Å²) in [7, 11) is 3.51. The molecular formula is C23H26N6O3. The van der Waals surface area contributed by atoms with Crippen LogP contribution in [0.5, 0.6) is 0 Å². The molecule has 0 unspecified atom stereocenters. The van der Waals surface area contributed by atoms with Gasteiger partial charge in [-0.25, -0.2) is 4.98 Å². The third kappa shape index (κ3) is 4.63. The molecule has 9 nitrogen and oxygen atoms in total. The molecule has 0 saturated heterocycles. The van der Waals surface area contributed by atoms with E-state index in [1.807, 2.05) is 38.2 Å². The number of nitrogens with one attached hydrogen (secondary N) is 1. The predicted octanol–water partition coefficient (Wildman–Crippen LogP) is 2.94. The Morgan fingerprint density at radius 3 is 2.59 bits per heavy atom. The highest BCUT2D eigenvalue weighted by Gasteiger charge is 2.16. The number of pyridine rings is 1. The number of ether oxygens (including phenoxy) is 1. The quantitative estimate of drug-likeness (QED) is 0.451. The van der Waals surface area contributed by atoms with Crippen LogP contribution in [0.25, 0.3) is 34.3 Å². The standard InChI is InChI=1S/C23H24N6O3.H2/c1-15-21(23-28-27-22(32-23)17-6-4-16(5-7-17)12-24-2)26-19(13-25-15)18-8-9-20(30)29(14-18)10-11-31-3;/h4-9,13-14,24H,10-12H2,1-3H3;1H. The summed E-state index contributed by atoms with van der Waals surface area (Å²) in [5.74, 6) is 0.703. The summed E-state index contributed by atoms with van der Waals surface area (Å²) in [4.78, 5) is 21.2. The van der Waals surface area contributed by atoms with Gasteiger partial charge in [-0.15, -0.1) is 10.2 Å². The highest BCUT2D eigenvalue weighted by molar-refractivity contribution is 5.62. The zero-order valence-corrected chi connectivity index (χ0v) is 18.2. The van der Waals surface area contributed by atoms with Crippen molar-refractivity contribution >= 4 is 0 Å². The van der Waals surface area contributed by atoms with E-state index in [1.54, 1.807) is 30.1 Å². The van der Waals surface area contributed by atoms with E-state index in [0.717, 1.165) is 23.2 Å². The summed E-state index contributed by atoms with van der Waals surface area (Å²) in [6.07, 6.45) is 3.41. The van der Waals surface area contributed by atoms with Crippen LogP contribution in [0.2, 0.25) is 0 Å².